The largest absolute Gasteiger partial charge is 0.311 e. The highest BCUT2D eigenvalue weighted by Crippen LogP contribution is 2.25. The van der Waals surface area contributed by atoms with Crippen LogP contribution in [0.1, 0.15) is 33.1 Å². The maximum atomic E-state index is 3.46. The molecule has 0 amide bonds. The molecule has 1 heterocycles. The molecule has 48 valence electrons. The first-order valence-corrected chi connectivity index (χ1v) is 3.58. The second-order valence-electron chi connectivity index (χ2n) is 2.66. The normalized spacial score (nSPS) is 24.8. The van der Waals surface area contributed by atoms with Crippen molar-refractivity contribution < 1.29 is 0 Å². The predicted molar refractivity (Wildman–Crippen MR) is 35.9 cm³/mol. The SMILES string of the molecule is CCC1(CC)CCN1. The Balaban J connectivity index is 2.33. The molecule has 0 aromatic heterocycles. The molecule has 1 nitrogen and oxygen atoms in total. The number of nitrogens with one attached hydrogen (secondary N) is 1. The van der Waals surface area contributed by atoms with E-state index in [9.17, 15) is 0 Å². The summed E-state index contributed by atoms with van der Waals surface area (Å²) in [6.07, 6.45) is 3.98. The summed E-state index contributed by atoms with van der Waals surface area (Å²) >= 11 is 0. The standard InChI is InChI=1S/C7H15N/c1-3-7(4-2)5-6-8-7/h8H,3-6H2,1-2H3. The Kier molecular flexibility index (Phi) is 1.57. The van der Waals surface area contributed by atoms with Gasteiger partial charge in [-0.3, -0.25) is 0 Å². The van der Waals surface area contributed by atoms with Crippen LogP contribution in [0.4, 0.5) is 0 Å². The third kappa shape index (κ3) is 0.752. The third-order valence-corrected chi connectivity index (χ3v) is 2.46. The lowest BCUT2D eigenvalue weighted by Gasteiger charge is -2.42. The van der Waals surface area contributed by atoms with Crippen LogP contribution in [-0.2, 0) is 0 Å². The van der Waals surface area contributed by atoms with E-state index in [-0.39, 0.29) is 0 Å². The zero-order valence-electron chi connectivity index (χ0n) is 5.83. The van der Waals surface area contributed by atoms with Crippen LogP contribution < -0.4 is 5.32 Å². The van der Waals surface area contributed by atoms with E-state index in [1.807, 2.05) is 0 Å². The Morgan fingerprint density at radius 1 is 1.38 bits per heavy atom. The Hall–Kier alpha value is -0.0400. The van der Waals surface area contributed by atoms with E-state index in [2.05, 4.69) is 19.2 Å². The van der Waals surface area contributed by atoms with Crippen LogP contribution in [0.15, 0.2) is 0 Å². The maximum Gasteiger partial charge on any atom is 0.0188 e. The van der Waals surface area contributed by atoms with Gasteiger partial charge in [0.2, 0.25) is 0 Å². The Morgan fingerprint density at radius 3 is 1.88 bits per heavy atom. The molecule has 0 aromatic rings. The molecule has 0 aromatic carbocycles. The van der Waals surface area contributed by atoms with Gasteiger partial charge in [0.25, 0.3) is 0 Å². The van der Waals surface area contributed by atoms with E-state index in [1.54, 1.807) is 0 Å². The first-order chi connectivity index (χ1) is 3.83. The maximum absolute atomic E-state index is 3.46. The summed E-state index contributed by atoms with van der Waals surface area (Å²) in [7, 11) is 0. The molecule has 1 heteroatoms. The van der Waals surface area contributed by atoms with Gasteiger partial charge < -0.3 is 5.32 Å². The lowest BCUT2D eigenvalue weighted by molar-refractivity contribution is 0.192. The molecule has 0 bridgehead atoms. The average molecular weight is 113 g/mol. The van der Waals surface area contributed by atoms with Crippen molar-refractivity contribution in [1.29, 1.82) is 0 Å². The van der Waals surface area contributed by atoms with Gasteiger partial charge in [0, 0.05) is 5.54 Å². The first kappa shape index (κ1) is 6.09. The zero-order chi connectivity index (χ0) is 6.04. The summed E-state index contributed by atoms with van der Waals surface area (Å²) in [5.74, 6) is 0. The molecule has 8 heavy (non-hydrogen) atoms. The van der Waals surface area contributed by atoms with Gasteiger partial charge >= 0.3 is 0 Å². The monoisotopic (exact) mass is 113 g/mol. The van der Waals surface area contributed by atoms with Gasteiger partial charge in [-0.05, 0) is 25.8 Å². The minimum Gasteiger partial charge on any atom is -0.311 e. The highest BCUT2D eigenvalue weighted by Gasteiger charge is 2.31. The Bertz CT molecular complexity index is 60.9. The van der Waals surface area contributed by atoms with Gasteiger partial charge in [0.15, 0.2) is 0 Å². The minimum absolute atomic E-state index is 0.556. The van der Waals surface area contributed by atoms with Crippen LogP contribution in [0.2, 0.25) is 0 Å². The lowest BCUT2D eigenvalue weighted by Crippen LogP contribution is -2.55. The predicted octanol–water partition coefficient (Wildman–Crippen LogP) is 1.54. The Labute approximate surface area is 51.5 Å². The van der Waals surface area contributed by atoms with Crippen LogP contribution in [0, 0.1) is 0 Å². The van der Waals surface area contributed by atoms with Crippen LogP contribution in [0.3, 0.4) is 0 Å². The number of rotatable bonds is 2. The molecule has 0 unspecified atom stereocenters. The van der Waals surface area contributed by atoms with Crippen LogP contribution in [0.5, 0.6) is 0 Å². The molecular weight excluding hydrogens is 98.1 g/mol. The number of hydrogen-bond donors (Lipinski definition) is 1. The second kappa shape index (κ2) is 2.06. The molecule has 1 aliphatic rings. The molecule has 1 N–H and O–H groups in total. The van der Waals surface area contributed by atoms with Gasteiger partial charge in [0.1, 0.15) is 0 Å². The average Bonchev–Trinajstić information content (AvgIpc) is 1.67. The van der Waals surface area contributed by atoms with Crippen LogP contribution >= 0.6 is 0 Å². The highest BCUT2D eigenvalue weighted by atomic mass is 15.0. The molecule has 0 aliphatic carbocycles. The van der Waals surface area contributed by atoms with Crippen molar-refractivity contribution in [2.45, 2.75) is 38.6 Å². The summed E-state index contributed by atoms with van der Waals surface area (Å²) in [6, 6.07) is 0. The van der Waals surface area contributed by atoms with E-state index in [1.165, 1.54) is 25.8 Å². The van der Waals surface area contributed by atoms with Gasteiger partial charge in [-0.2, -0.15) is 0 Å². The van der Waals surface area contributed by atoms with Crippen molar-refractivity contribution in [1.82, 2.24) is 5.32 Å². The lowest BCUT2D eigenvalue weighted by atomic mass is 9.83. The molecule has 0 spiro atoms. The van der Waals surface area contributed by atoms with Crippen molar-refractivity contribution in [2.75, 3.05) is 6.54 Å². The summed E-state index contributed by atoms with van der Waals surface area (Å²) in [4.78, 5) is 0. The third-order valence-electron chi connectivity index (χ3n) is 2.46. The summed E-state index contributed by atoms with van der Waals surface area (Å²) in [6.45, 7) is 5.76. The fourth-order valence-electron chi connectivity index (χ4n) is 1.33. The van der Waals surface area contributed by atoms with Crippen molar-refractivity contribution in [3.63, 3.8) is 0 Å². The molecule has 1 saturated heterocycles. The van der Waals surface area contributed by atoms with Gasteiger partial charge in [0.05, 0.1) is 0 Å². The fraction of sp³-hybridized carbons (Fsp3) is 1.00. The quantitative estimate of drug-likeness (QED) is 0.572. The van der Waals surface area contributed by atoms with Crippen molar-refractivity contribution in [3.8, 4) is 0 Å². The van der Waals surface area contributed by atoms with Crippen LogP contribution in [-0.4, -0.2) is 12.1 Å². The van der Waals surface area contributed by atoms with E-state index < -0.39 is 0 Å². The van der Waals surface area contributed by atoms with E-state index in [0.29, 0.717) is 5.54 Å². The topological polar surface area (TPSA) is 12.0 Å². The van der Waals surface area contributed by atoms with E-state index >= 15 is 0 Å². The highest BCUT2D eigenvalue weighted by molar-refractivity contribution is 4.93. The van der Waals surface area contributed by atoms with Gasteiger partial charge in [-0.25, -0.2) is 0 Å². The summed E-state index contributed by atoms with van der Waals surface area (Å²) in [5, 5.41) is 3.46. The van der Waals surface area contributed by atoms with Gasteiger partial charge in [-0.1, -0.05) is 13.8 Å². The van der Waals surface area contributed by atoms with E-state index in [4.69, 9.17) is 0 Å². The molecule has 1 aliphatic heterocycles. The molecule has 0 saturated carbocycles. The molecule has 1 fully saturated rings. The first-order valence-electron chi connectivity index (χ1n) is 3.58. The minimum atomic E-state index is 0.556. The molecule has 1 rings (SSSR count). The van der Waals surface area contributed by atoms with Crippen molar-refractivity contribution in [2.24, 2.45) is 0 Å². The van der Waals surface area contributed by atoms with Crippen molar-refractivity contribution >= 4 is 0 Å². The fourth-order valence-corrected chi connectivity index (χ4v) is 1.33. The van der Waals surface area contributed by atoms with Gasteiger partial charge in [-0.15, -0.1) is 0 Å². The zero-order valence-corrected chi connectivity index (χ0v) is 5.83. The summed E-state index contributed by atoms with van der Waals surface area (Å²) in [5.41, 5.74) is 0.556. The smallest absolute Gasteiger partial charge is 0.0188 e. The molecule has 0 atom stereocenters. The van der Waals surface area contributed by atoms with Crippen molar-refractivity contribution in [3.05, 3.63) is 0 Å². The Morgan fingerprint density at radius 2 is 1.88 bits per heavy atom. The second-order valence-corrected chi connectivity index (χ2v) is 2.66. The molecule has 0 radical (unpaired) electrons. The number of hydrogen-bond acceptors (Lipinski definition) is 1. The summed E-state index contributed by atoms with van der Waals surface area (Å²) < 4.78 is 0. The van der Waals surface area contributed by atoms with Crippen LogP contribution in [0.25, 0.3) is 0 Å². The van der Waals surface area contributed by atoms with E-state index in [0.717, 1.165) is 0 Å². The molecular formula is C7H15N.